The quantitative estimate of drug-likeness (QED) is 0.732. The van der Waals surface area contributed by atoms with E-state index < -0.39 is 5.91 Å². The molecule has 0 aliphatic carbocycles. The molecule has 3 rings (SSSR count). The summed E-state index contributed by atoms with van der Waals surface area (Å²) in [6.45, 7) is 3.28. The van der Waals surface area contributed by atoms with Crippen LogP contribution >= 0.6 is 0 Å². The first kappa shape index (κ1) is 17.6. The van der Waals surface area contributed by atoms with Gasteiger partial charge in [0, 0.05) is 18.3 Å². The van der Waals surface area contributed by atoms with Gasteiger partial charge in [0.05, 0.1) is 13.2 Å². The number of hydrogen-bond donors (Lipinski definition) is 2. The number of carbonyl (C=O) groups is 2. The maximum atomic E-state index is 12.1. The summed E-state index contributed by atoms with van der Waals surface area (Å²) in [5, 5.41) is 11.9. The number of nitrogens with one attached hydrogen (secondary N) is 1. The van der Waals surface area contributed by atoms with E-state index in [1.54, 1.807) is 0 Å². The van der Waals surface area contributed by atoms with Gasteiger partial charge in [0.15, 0.2) is 0 Å². The second-order valence-electron chi connectivity index (χ2n) is 6.55. The third-order valence-electron chi connectivity index (χ3n) is 4.73. The number of anilines is 1. The first-order valence-electron chi connectivity index (χ1n) is 8.94. The fourth-order valence-electron chi connectivity index (χ4n) is 3.29. The summed E-state index contributed by atoms with van der Waals surface area (Å²) in [4.78, 5) is 27.4. The lowest BCUT2D eigenvalue weighted by Crippen LogP contribution is -2.34. The molecule has 1 saturated heterocycles. The lowest BCUT2D eigenvalue weighted by atomic mass is 10.1. The van der Waals surface area contributed by atoms with Crippen LogP contribution in [0.2, 0.25) is 0 Å². The average molecular weight is 343 g/mol. The normalized spacial score (nSPS) is 18.6. The Morgan fingerprint density at radius 3 is 2.40 bits per heavy atom. The molecule has 0 aromatic heterocycles. The van der Waals surface area contributed by atoms with E-state index >= 15 is 0 Å². The van der Waals surface area contributed by atoms with Crippen LogP contribution in [-0.4, -0.2) is 59.5 Å². The molecule has 25 heavy (non-hydrogen) atoms. The lowest BCUT2D eigenvalue weighted by molar-refractivity contribution is -0.137. The van der Waals surface area contributed by atoms with Crippen molar-refractivity contribution in [2.45, 2.75) is 25.7 Å². The zero-order valence-electron chi connectivity index (χ0n) is 14.4. The number of aliphatic hydroxyl groups is 1. The van der Waals surface area contributed by atoms with Gasteiger partial charge in [-0.25, -0.2) is 0 Å². The first-order valence-corrected chi connectivity index (χ1v) is 8.94. The summed E-state index contributed by atoms with van der Waals surface area (Å²) in [6, 6.07) is 7.97. The van der Waals surface area contributed by atoms with Gasteiger partial charge in [0.2, 0.25) is 0 Å². The molecule has 1 aromatic carbocycles. The van der Waals surface area contributed by atoms with E-state index in [1.165, 1.54) is 44.0 Å². The molecule has 0 unspecified atom stereocenters. The number of carbonyl (C=O) groups excluding carboxylic acids is 2. The Morgan fingerprint density at radius 1 is 1.00 bits per heavy atom. The SMILES string of the molecule is O=C1C=C(Nc2ccc(CCN3CCCCC3)cc2)C(=O)N1CCO. The van der Waals surface area contributed by atoms with Crippen LogP contribution in [-0.2, 0) is 16.0 Å². The first-order chi connectivity index (χ1) is 12.2. The summed E-state index contributed by atoms with van der Waals surface area (Å²) >= 11 is 0. The highest BCUT2D eigenvalue weighted by Gasteiger charge is 2.30. The molecule has 2 aliphatic heterocycles. The summed E-state index contributed by atoms with van der Waals surface area (Å²) < 4.78 is 0. The van der Waals surface area contributed by atoms with E-state index in [0.717, 1.165) is 23.6 Å². The number of nitrogens with zero attached hydrogens (tertiary/aromatic N) is 2. The third kappa shape index (κ3) is 4.46. The van der Waals surface area contributed by atoms with Gasteiger partial charge in [0.25, 0.3) is 11.8 Å². The van der Waals surface area contributed by atoms with E-state index in [2.05, 4.69) is 22.3 Å². The number of imide groups is 1. The molecule has 2 heterocycles. The van der Waals surface area contributed by atoms with Crippen molar-refractivity contribution in [2.75, 3.05) is 38.1 Å². The summed E-state index contributed by atoms with van der Waals surface area (Å²) in [6.07, 6.45) is 6.26. The molecule has 0 bridgehead atoms. The molecule has 2 aliphatic rings. The summed E-state index contributed by atoms with van der Waals surface area (Å²) in [7, 11) is 0. The van der Waals surface area contributed by atoms with E-state index in [1.807, 2.05) is 12.1 Å². The van der Waals surface area contributed by atoms with E-state index in [9.17, 15) is 9.59 Å². The van der Waals surface area contributed by atoms with Gasteiger partial charge in [-0.2, -0.15) is 0 Å². The maximum Gasteiger partial charge on any atom is 0.277 e. The van der Waals surface area contributed by atoms with Crippen molar-refractivity contribution in [3.63, 3.8) is 0 Å². The Labute approximate surface area is 148 Å². The minimum atomic E-state index is -0.395. The molecular formula is C19H25N3O3. The van der Waals surface area contributed by atoms with E-state index in [0.29, 0.717) is 0 Å². The Hall–Kier alpha value is -2.18. The second kappa shape index (κ2) is 8.27. The van der Waals surface area contributed by atoms with Crippen LogP contribution in [0.4, 0.5) is 5.69 Å². The smallest absolute Gasteiger partial charge is 0.277 e. The zero-order chi connectivity index (χ0) is 17.6. The molecular weight excluding hydrogens is 318 g/mol. The van der Waals surface area contributed by atoms with Gasteiger partial charge in [-0.05, 0) is 50.0 Å². The Kier molecular flexibility index (Phi) is 5.83. The van der Waals surface area contributed by atoms with Crippen LogP contribution in [0.25, 0.3) is 0 Å². The maximum absolute atomic E-state index is 12.1. The van der Waals surface area contributed by atoms with Gasteiger partial charge >= 0.3 is 0 Å². The fraction of sp³-hybridized carbons (Fsp3) is 0.474. The van der Waals surface area contributed by atoms with Crippen LogP contribution in [0.5, 0.6) is 0 Å². The molecule has 2 N–H and O–H groups in total. The highest BCUT2D eigenvalue weighted by Crippen LogP contribution is 2.18. The van der Waals surface area contributed by atoms with Gasteiger partial charge in [-0.15, -0.1) is 0 Å². The Balaban J connectivity index is 1.53. The third-order valence-corrected chi connectivity index (χ3v) is 4.73. The van der Waals surface area contributed by atoms with Crippen LogP contribution in [0.15, 0.2) is 36.0 Å². The molecule has 0 saturated carbocycles. The van der Waals surface area contributed by atoms with Gasteiger partial charge < -0.3 is 15.3 Å². The number of likely N-dealkylation sites (tertiary alicyclic amines) is 1. The van der Waals surface area contributed by atoms with Crippen LogP contribution in [0.3, 0.4) is 0 Å². The minimum absolute atomic E-state index is 0.0226. The number of hydrogen-bond acceptors (Lipinski definition) is 5. The molecule has 6 heteroatoms. The zero-order valence-corrected chi connectivity index (χ0v) is 14.4. The monoisotopic (exact) mass is 343 g/mol. The lowest BCUT2D eigenvalue weighted by Gasteiger charge is -2.26. The molecule has 0 radical (unpaired) electrons. The predicted octanol–water partition coefficient (Wildman–Crippen LogP) is 1.37. The van der Waals surface area contributed by atoms with E-state index in [-0.39, 0.29) is 24.8 Å². The van der Waals surface area contributed by atoms with Crippen molar-refractivity contribution in [1.29, 1.82) is 0 Å². The van der Waals surface area contributed by atoms with Gasteiger partial charge in [0.1, 0.15) is 5.70 Å². The van der Waals surface area contributed by atoms with E-state index in [4.69, 9.17) is 5.11 Å². The molecule has 2 amide bonds. The molecule has 134 valence electrons. The average Bonchev–Trinajstić information content (AvgIpc) is 2.90. The highest BCUT2D eigenvalue weighted by atomic mass is 16.3. The van der Waals surface area contributed by atoms with Crippen molar-refractivity contribution >= 4 is 17.5 Å². The second-order valence-corrected chi connectivity index (χ2v) is 6.55. The molecule has 6 nitrogen and oxygen atoms in total. The van der Waals surface area contributed by atoms with Crippen molar-refractivity contribution in [1.82, 2.24) is 9.80 Å². The number of amides is 2. The minimum Gasteiger partial charge on any atom is -0.395 e. The summed E-state index contributed by atoms with van der Waals surface area (Å²) in [5.41, 5.74) is 2.29. The van der Waals surface area contributed by atoms with Crippen LogP contribution in [0.1, 0.15) is 24.8 Å². The van der Waals surface area contributed by atoms with Crippen LogP contribution < -0.4 is 5.32 Å². The van der Waals surface area contributed by atoms with Crippen molar-refractivity contribution < 1.29 is 14.7 Å². The Morgan fingerprint density at radius 2 is 1.72 bits per heavy atom. The van der Waals surface area contributed by atoms with Crippen molar-refractivity contribution in [3.05, 3.63) is 41.6 Å². The fourth-order valence-corrected chi connectivity index (χ4v) is 3.29. The number of rotatable bonds is 7. The number of piperidine rings is 1. The van der Waals surface area contributed by atoms with Crippen molar-refractivity contribution in [3.8, 4) is 0 Å². The van der Waals surface area contributed by atoms with Crippen LogP contribution in [0, 0.1) is 0 Å². The topological polar surface area (TPSA) is 72.9 Å². The largest absolute Gasteiger partial charge is 0.395 e. The standard InChI is InChI=1S/C19H25N3O3/c23-13-12-22-18(24)14-17(19(22)25)20-16-6-4-15(5-7-16)8-11-21-9-2-1-3-10-21/h4-7,14,20,23H,1-3,8-13H2. The predicted molar refractivity (Wildman–Crippen MR) is 95.9 cm³/mol. The molecule has 1 aromatic rings. The molecule has 0 spiro atoms. The Bertz CT molecular complexity index is 648. The number of benzene rings is 1. The number of β-amino-alcohol motifs (C(OH)–C–C–N with tert-alkyl or cyclic N) is 1. The summed E-state index contributed by atoms with van der Waals surface area (Å²) in [5.74, 6) is -0.784. The molecule has 1 fully saturated rings. The van der Waals surface area contributed by atoms with Gasteiger partial charge in [-0.3, -0.25) is 14.5 Å². The van der Waals surface area contributed by atoms with Gasteiger partial charge in [-0.1, -0.05) is 18.6 Å². The van der Waals surface area contributed by atoms with Crippen molar-refractivity contribution in [2.24, 2.45) is 0 Å². The molecule has 0 atom stereocenters. The highest BCUT2D eigenvalue weighted by molar-refractivity contribution is 6.17. The number of aliphatic hydroxyl groups excluding tert-OH is 1.